The summed E-state index contributed by atoms with van der Waals surface area (Å²) in [6.07, 6.45) is 3.05. The zero-order chi connectivity index (χ0) is 23.3. The van der Waals surface area contributed by atoms with E-state index in [9.17, 15) is 4.79 Å². The quantitative estimate of drug-likeness (QED) is 0.563. The van der Waals surface area contributed by atoms with Crippen molar-refractivity contribution >= 4 is 17.5 Å². The van der Waals surface area contributed by atoms with E-state index in [1.165, 1.54) is 6.33 Å². The largest absolute Gasteiger partial charge is 0.497 e. The number of carbonyl (C=O) groups excluding carboxylic acids is 1. The summed E-state index contributed by atoms with van der Waals surface area (Å²) >= 11 is 0. The lowest BCUT2D eigenvalue weighted by Gasteiger charge is -2.35. The number of hydrogen-bond acceptors (Lipinski definition) is 9. The smallest absolute Gasteiger partial charge is 0.272 e. The maximum absolute atomic E-state index is 13.1. The molecule has 0 atom stereocenters. The number of nitrogens with zero attached hydrogens (tertiary/aromatic N) is 7. The molecule has 10 heteroatoms. The second-order valence-electron chi connectivity index (χ2n) is 8.13. The number of benzene rings is 1. The summed E-state index contributed by atoms with van der Waals surface area (Å²) in [5, 5.41) is 0. The first kappa shape index (κ1) is 22.0. The molecule has 5 rings (SSSR count). The molecule has 1 amide bonds. The normalized spacial score (nSPS) is 16.4. The van der Waals surface area contributed by atoms with Gasteiger partial charge in [-0.25, -0.2) is 19.9 Å². The van der Waals surface area contributed by atoms with Gasteiger partial charge in [-0.3, -0.25) is 4.79 Å². The molecule has 0 N–H and O–H groups in total. The van der Waals surface area contributed by atoms with Gasteiger partial charge in [0.2, 0.25) is 0 Å². The molecule has 0 saturated carbocycles. The number of carbonyl (C=O) groups is 1. The predicted molar refractivity (Wildman–Crippen MR) is 127 cm³/mol. The highest BCUT2D eigenvalue weighted by molar-refractivity contribution is 5.93. The molecule has 4 heterocycles. The van der Waals surface area contributed by atoms with Crippen LogP contribution in [0.25, 0.3) is 11.3 Å². The maximum Gasteiger partial charge on any atom is 0.272 e. The Morgan fingerprint density at radius 1 is 0.824 bits per heavy atom. The molecule has 2 fully saturated rings. The Kier molecular flexibility index (Phi) is 6.48. The number of rotatable bonds is 5. The summed E-state index contributed by atoms with van der Waals surface area (Å²) in [6.45, 7) is 5.42. The van der Waals surface area contributed by atoms with Crippen molar-refractivity contribution in [1.82, 2.24) is 24.8 Å². The third-order valence-corrected chi connectivity index (χ3v) is 6.14. The van der Waals surface area contributed by atoms with E-state index in [-0.39, 0.29) is 5.91 Å². The van der Waals surface area contributed by atoms with Crippen LogP contribution >= 0.6 is 0 Å². The molecule has 0 spiro atoms. The van der Waals surface area contributed by atoms with Crippen LogP contribution in [0.15, 0.2) is 49.1 Å². The highest BCUT2D eigenvalue weighted by Crippen LogP contribution is 2.24. The van der Waals surface area contributed by atoms with E-state index in [0.717, 1.165) is 41.7 Å². The number of morpholine rings is 1. The van der Waals surface area contributed by atoms with Crippen LogP contribution in [0.3, 0.4) is 0 Å². The molecule has 0 unspecified atom stereocenters. The van der Waals surface area contributed by atoms with Gasteiger partial charge in [0.15, 0.2) is 0 Å². The Labute approximate surface area is 198 Å². The topological polar surface area (TPSA) is 96.8 Å². The second kappa shape index (κ2) is 10.0. The van der Waals surface area contributed by atoms with E-state index >= 15 is 0 Å². The average molecular weight is 462 g/mol. The monoisotopic (exact) mass is 461 g/mol. The van der Waals surface area contributed by atoms with Gasteiger partial charge in [0.1, 0.15) is 35.7 Å². The van der Waals surface area contributed by atoms with Crippen molar-refractivity contribution < 1.29 is 14.3 Å². The van der Waals surface area contributed by atoms with Gasteiger partial charge in [-0.05, 0) is 24.3 Å². The predicted octanol–water partition coefficient (Wildman–Crippen LogP) is 1.74. The van der Waals surface area contributed by atoms with Gasteiger partial charge in [-0.2, -0.15) is 0 Å². The molecule has 0 bridgehead atoms. The molecule has 0 radical (unpaired) electrons. The summed E-state index contributed by atoms with van der Waals surface area (Å²) < 4.78 is 10.6. The third kappa shape index (κ3) is 4.76. The van der Waals surface area contributed by atoms with Gasteiger partial charge in [0.25, 0.3) is 5.91 Å². The SMILES string of the molecule is COc1ccc(-c2cc(N3CCN(C(=O)c4cc(N5CCOCC5)ncn4)CC3)ncn2)cc1. The molecule has 2 aliphatic heterocycles. The molecule has 2 saturated heterocycles. The fourth-order valence-corrected chi connectivity index (χ4v) is 4.17. The van der Waals surface area contributed by atoms with Gasteiger partial charge >= 0.3 is 0 Å². The number of hydrogen-bond donors (Lipinski definition) is 0. The van der Waals surface area contributed by atoms with Crippen molar-refractivity contribution in [3.63, 3.8) is 0 Å². The molecule has 176 valence electrons. The first-order valence-electron chi connectivity index (χ1n) is 11.4. The number of anilines is 2. The van der Waals surface area contributed by atoms with Crippen molar-refractivity contribution in [2.24, 2.45) is 0 Å². The molecular weight excluding hydrogens is 434 g/mol. The van der Waals surface area contributed by atoms with Crippen molar-refractivity contribution in [1.29, 1.82) is 0 Å². The Balaban J connectivity index is 1.23. The molecule has 0 aliphatic carbocycles. The third-order valence-electron chi connectivity index (χ3n) is 6.14. The molecule has 2 aromatic heterocycles. The molecule has 3 aromatic rings. The van der Waals surface area contributed by atoms with Crippen LogP contribution in [0.4, 0.5) is 11.6 Å². The fraction of sp³-hybridized carbons (Fsp3) is 0.375. The molecule has 2 aliphatic rings. The van der Waals surface area contributed by atoms with E-state index in [4.69, 9.17) is 9.47 Å². The molecule has 34 heavy (non-hydrogen) atoms. The zero-order valence-corrected chi connectivity index (χ0v) is 19.1. The van der Waals surface area contributed by atoms with Crippen LogP contribution in [0, 0.1) is 0 Å². The summed E-state index contributed by atoms with van der Waals surface area (Å²) in [6, 6.07) is 11.6. The van der Waals surface area contributed by atoms with Crippen LogP contribution in [0.2, 0.25) is 0 Å². The van der Waals surface area contributed by atoms with Gasteiger partial charge in [-0.1, -0.05) is 0 Å². The Morgan fingerprint density at radius 2 is 1.47 bits per heavy atom. The lowest BCUT2D eigenvalue weighted by Crippen LogP contribution is -2.49. The number of aromatic nitrogens is 4. The summed E-state index contributed by atoms with van der Waals surface area (Å²) in [5.74, 6) is 2.36. The van der Waals surface area contributed by atoms with E-state index in [0.29, 0.717) is 45.1 Å². The first-order valence-corrected chi connectivity index (χ1v) is 11.4. The lowest BCUT2D eigenvalue weighted by molar-refractivity contribution is 0.0740. The fourth-order valence-electron chi connectivity index (χ4n) is 4.17. The second-order valence-corrected chi connectivity index (χ2v) is 8.13. The standard InChI is InChI=1S/C24H27N7O3/c1-33-19-4-2-18(3-5-19)20-14-22(27-16-25-20)29-6-8-31(9-7-29)24(32)21-15-23(28-17-26-21)30-10-12-34-13-11-30/h2-5,14-17H,6-13H2,1H3. The van der Waals surface area contributed by atoms with Crippen molar-refractivity contribution in [2.75, 3.05) is 69.4 Å². The van der Waals surface area contributed by atoms with E-state index in [1.807, 2.05) is 35.2 Å². The van der Waals surface area contributed by atoms with Crippen LogP contribution in [-0.2, 0) is 4.74 Å². The lowest BCUT2D eigenvalue weighted by atomic mass is 10.1. The summed E-state index contributed by atoms with van der Waals surface area (Å²) in [7, 11) is 1.65. The minimum Gasteiger partial charge on any atom is -0.497 e. The average Bonchev–Trinajstić information content (AvgIpc) is 2.93. The minimum absolute atomic E-state index is 0.0711. The van der Waals surface area contributed by atoms with Crippen molar-refractivity contribution in [2.45, 2.75) is 0 Å². The molecule has 1 aromatic carbocycles. The van der Waals surface area contributed by atoms with Crippen molar-refractivity contribution in [3.05, 3.63) is 54.7 Å². The van der Waals surface area contributed by atoms with Gasteiger partial charge in [-0.15, -0.1) is 0 Å². The Morgan fingerprint density at radius 3 is 2.18 bits per heavy atom. The van der Waals surface area contributed by atoms with Gasteiger partial charge < -0.3 is 24.2 Å². The van der Waals surface area contributed by atoms with E-state index in [2.05, 4.69) is 29.7 Å². The van der Waals surface area contributed by atoms with Crippen molar-refractivity contribution in [3.8, 4) is 17.0 Å². The number of amides is 1. The summed E-state index contributed by atoms with van der Waals surface area (Å²) in [5.41, 5.74) is 2.27. The number of methoxy groups -OCH3 is 1. The first-order chi connectivity index (χ1) is 16.7. The number of ether oxygens (including phenoxy) is 2. The maximum atomic E-state index is 13.1. The van der Waals surface area contributed by atoms with Gasteiger partial charge in [0, 0.05) is 57.0 Å². The number of piperazine rings is 1. The van der Waals surface area contributed by atoms with E-state index < -0.39 is 0 Å². The summed E-state index contributed by atoms with van der Waals surface area (Å²) in [4.78, 5) is 36.7. The minimum atomic E-state index is -0.0711. The van der Waals surface area contributed by atoms with Crippen LogP contribution in [0.5, 0.6) is 5.75 Å². The highest BCUT2D eigenvalue weighted by atomic mass is 16.5. The van der Waals surface area contributed by atoms with Crippen LogP contribution in [-0.4, -0.2) is 90.3 Å². The van der Waals surface area contributed by atoms with Crippen LogP contribution in [0.1, 0.15) is 10.5 Å². The van der Waals surface area contributed by atoms with Gasteiger partial charge in [0.05, 0.1) is 26.0 Å². The highest BCUT2D eigenvalue weighted by Gasteiger charge is 2.25. The molecule has 10 nitrogen and oxygen atoms in total. The zero-order valence-electron chi connectivity index (χ0n) is 19.1. The van der Waals surface area contributed by atoms with Crippen LogP contribution < -0.4 is 14.5 Å². The molecular formula is C24H27N7O3. The Bertz CT molecular complexity index is 1130. The van der Waals surface area contributed by atoms with E-state index in [1.54, 1.807) is 19.5 Å². The Hall–Kier alpha value is -3.79.